The minimum absolute atomic E-state index is 0.0548. The minimum Gasteiger partial charge on any atom is -0.478 e. The SMILES string of the molecule is CCCCn1ncc2c(Cl)c(C(=O)O)c(C)nc21. The molecule has 0 unspecified atom stereocenters. The van der Waals surface area contributed by atoms with Gasteiger partial charge in [-0.25, -0.2) is 14.5 Å². The summed E-state index contributed by atoms with van der Waals surface area (Å²) in [6.45, 7) is 4.50. The molecule has 0 atom stereocenters. The zero-order chi connectivity index (χ0) is 13.3. The summed E-state index contributed by atoms with van der Waals surface area (Å²) in [6, 6.07) is 0. The number of hydrogen-bond donors (Lipinski definition) is 1. The lowest BCUT2D eigenvalue weighted by Crippen LogP contribution is -2.06. The zero-order valence-electron chi connectivity index (χ0n) is 10.3. The Morgan fingerprint density at radius 3 is 2.89 bits per heavy atom. The predicted octanol–water partition coefficient (Wildman–Crippen LogP) is 2.89. The standard InChI is InChI=1S/C12H14ClN3O2/c1-3-4-5-16-11-8(6-14-16)10(13)9(12(17)18)7(2)15-11/h6H,3-5H2,1-2H3,(H,17,18). The first-order chi connectivity index (χ1) is 8.56. The van der Waals surface area contributed by atoms with Gasteiger partial charge in [0.15, 0.2) is 5.65 Å². The molecule has 2 rings (SSSR count). The van der Waals surface area contributed by atoms with Gasteiger partial charge in [-0.2, -0.15) is 5.10 Å². The van der Waals surface area contributed by atoms with Crippen molar-refractivity contribution in [2.24, 2.45) is 0 Å². The molecule has 2 heterocycles. The molecule has 96 valence electrons. The average molecular weight is 268 g/mol. The molecular weight excluding hydrogens is 254 g/mol. The maximum atomic E-state index is 11.1. The molecule has 0 aliphatic rings. The van der Waals surface area contributed by atoms with Crippen LogP contribution in [-0.4, -0.2) is 25.8 Å². The number of aryl methyl sites for hydroxylation is 2. The van der Waals surface area contributed by atoms with E-state index in [1.165, 1.54) is 0 Å². The lowest BCUT2D eigenvalue weighted by atomic mass is 10.1. The highest BCUT2D eigenvalue weighted by atomic mass is 35.5. The first-order valence-electron chi connectivity index (χ1n) is 5.81. The van der Waals surface area contributed by atoms with E-state index in [2.05, 4.69) is 17.0 Å². The Balaban J connectivity index is 2.61. The second-order valence-electron chi connectivity index (χ2n) is 4.15. The van der Waals surface area contributed by atoms with Gasteiger partial charge in [-0.1, -0.05) is 24.9 Å². The van der Waals surface area contributed by atoms with Gasteiger partial charge in [0, 0.05) is 6.54 Å². The number of fused-ring (bicyclic) bond motifs is 1. The van der Waals surface area contributed by atoms with Crippen LogP contribution in [0.25, 0.3) is 11.0 Å². The van der Waals surface area contributed by atoms with Crippen LogP contribution in [0.2, 0.25) is 5.02 Å². The van der Waals surface area contributed by atoms with Crippen molar-refractivity contribution in [1.29, 1.82) is 0 Å². The Labute approximate surface area is 109 Å². The van der Waals surface area contributed by atoms with E-state index in [1.54, 1.807) is 17.8 Å². The van der Waals surface area contributed by atoms with Crippen LogP contribution < -0.4 is 0 Å². The van der Waals surface area contributed by atoms with Gasteiger partial charge in [-0.3, -0.25) is 0 Å². The van der Waals surface area contributed by atoms with E-state index in [0.29, 0.717) is 16.7 Å². The molecule has 0 aliphatic carbocycles. The van der Waals surface area contributed by atoms with Crippen LogP contribution in [-0.2, 0) is 6.54 Å². The van der Waals surface area contributed by atoms with E-state index in [0.717, 1.165) is 19.4 Å². The first kappa shape index (κ1) is 12.8. The van der Waals surface area contributed by atoms with Crippen LogP contribution in [0.5, 0.6) is 0 Å². The summed E-state index contributed by atoms with van der Waals surface area (Å²) >= 11 is 6.12. The number of carbonyl (C=O) groups is 1. The Kier molecular flexibility index (Phi) is 3.52. The van der Waals surface area contributed by atoms with Gasteiger partial charge in [0.05, 0.1) is 22.3 Å². The third kappa shape index (κ3) is 2.06. The fraction of sp³-hybridized carbons (Fsp3) is 0.417. The molecule has 1 N–H and O–H groups in total. The zero-order valence-corrected chi connectivity index (χ0v) is 11.0. The number of hydrogen-bond acceptors (Lipinski definition) is 3. The number of nitrogens with zero attached hydrogens (tertiary/aromatic N) is 3. The molecule has 6 heteroatoms. The second kappa shape index (κ2) is 4.94. The number of carboxylic acids is 1. The first-order valence-corrected chi connectivity index (χ1v) is 6.19. The molecule has 0 saturated heterocycles. The van der Waals surface area contributed by atoms with Crippen molar-refractivity contribution in [3.8, 4) is 0 Å². The van der Waals surface area contributed by atoms with Crippen molar-refractivity contribution in [3.05, 3.63) is 22.5 Å². The van der Waals surface area contributed by atoms with E-state index < -0.39 is 5.97 Å². The smallest absolute Gasteiger partial charge is 0.339 e. The van der Waals surface area contributed by atoms with E-state index in [4.69, 9.17) is 16.7 Å². The van der Waals surface area contributed by atoms with Crippen molar-refractivity contribution in [2.75, 3.05) is 0 Å². The molecule has 0 aliphatic heterocycles. The number of aromatic nitrogens is 3. The van der Waals surface area contributed by atoms with Gasteiger partial charge >= 0.3 is 5.97 Å². The lowest BCUT2D eigenvalue weighted by molar-refractivity contribution is 0.0696. The normalized spacial score (nSPS) is 11.1. The second-order valence-corrected chi connectivity index (χ2v) is 4.53. The third-order valence-corrected chi connectivity index (χ3v) is 3.23. The van der Waals surface area contributed by atoms with Gasteiger partial charge in [0.2, 0.25) is 0 Å². The van der Waals surface area contributed by atoms with E-state index in [-0.39, 0.29) is 10.6 Å². The molecule has 0 saturated carbocycles. The van der Waals surface area contributed by atoms with E-state index >= 15 is 0 Å². The quantitative estimate of drug-likeness (QED) is 0.925. The predicted molar refractivity (Wildman–Crippen MR) is 69.1 cm³/mol. The molecule has 0 aromatic carbocycles. The number of rotatable bonds is 4. The van der Waals surface area contributed by atoms with Crippen LogP contribution in [0.3, 0.4) is 0 Å². The highest BCUT2D eigenvalue weighted by Crippen LogP contribution is 2.28. The van der Waals surface area contributed by atoms with Gasteiger partial charge in [0.1, 0.15) is 5.56 Å². The summed E-state index contributed by atoms with van der Waals surface area (Å²) < 4.78 is 1.77. The molecule has 0 fully saturated rings. The van der Waals surface area contributed by atoms with E-state index in [1.807, 2.05) is 0 Å². The molecule has 0 spiro atoms. The number of unbranched alkanes of at least 4 members (excludes halogenated alkanes) is 1. The molecule has 2 aromatic heterocycles. The van der Waals surface area contributed by atoms with Crippen molar-refractivity contribution >= 4 is 28.6 Å². The van der Waals surface area contributed by atoms with Crippen molar-refractivity contribution in [2.45, 2.75) is 33.2 Å². The van der Waals surface area contributed by atoms with Crippen LogP contribution in [0.15, 0.2) is 6.20 Å². The number of pyridine rings is 1. The molecule has 2 aromatic rings. The summed E-state index contributed by atoms with van der Waals surface area (Å²) in [5.41, 5.74) is 1.12. The Morgan fingerprint density at radius 2 is 2.28 bits per heavy atom. The fourth-order valence-corrected chi connectivity index (χ4v) is 2.23. The van der Waals surface area contributed by atoms with Gasteiger partial charge in [-0.05, 0) is 13.3 Å². The van der Waals surface area contributed by atoms with Crippen LogP contribution in [0.1, 0.15) is 35.8 Å². The molecule has 18 heavy (non-hydrogen) atoms. The van der Waals surface area contributed by atoms with Crippen molar-refractivity contribution < 1.29 is 9.90 Å². The highest BCUT2D eigenvalue weighted by molar-refractivity contribution is 6.38. The summed E-state index contributed by atoms with van der Waals surface area (Å²) in [5, 5.41) is 14.1. The summed E-state index contributed by atoms with van der Waals surface area (Å²) in [7, 11) is 0. The Hall–Kier alpha value is -1.62. The van der Waals surface area contributed by atoms with Crippen LogP contribution in [0.4, 0.5) is 0 Å². The largest absolute Gasteiger partial charge is 0.478 e. The molecule has 0 bridgehead atoms. The van der Waals surface area contributed by atoms with Gasteiger partial charge in [-0.15, -0.1) is 0 Å². The molecular formula is C12H14ClN3O2. The summed E-state index contributed by atoms with van der Waals surface area (Å²) in [5.74, 6) is -1.06. The lowest BCUT2D eigenvalue weighted by Gasteiger charge is -2.06. The topological polar surface area (TPSA) is 68.0 Å². The number of halogens is 1. The van der Waals surface area contributed by atoms with Gasteiger partial charge < -0.3 is 5.11 Å². The van der Waals surface area contributed by atoms with Crippen molar-refractivity contribution in [3.63, 3.8) is 0 Å². The Bertz CT molecular complexity index is 607. The van der Waals surface area contributed by atoms with Gasteiger partial charge in [0.25, 0.3) is 0 Å². The number of carboxylic acid groups (broad SMARTS) is 1. The molecule has 5 nitrogen and oxygen atoms in total. The van der Waals surface area contributed by atoms with Crippen LogP contribution >= 0.6 is 11.6 Å². The minimum atomic E-state index is -1.06. The third-order valence-electron chi connectivity index (χ3n) is 2.84. The summed E-state index contributed by atoms with van der Waals surface area (Å²) in [4.78, 5) is 15.4. The summed E-state index contributed by atoms with van der Waals surface area (Å²) in [6.07, 6.45) is 3.63. The maximum absolute atomic E-state index is 11.1. The average Bonchev–Trinajstić information content (AvgIpc) is 2.69. The van der Waals surface area contributed by atoms with Crippen LogP contribution in [0, 0.1) is 6.92 Å². The maximum Gasteiger partial charge on any atom is 0.339 e. The highest BCUT2D eigenvalue weighted by Gasteiger charge is 2.19. The molecule has 0 radical (unpaired) electrons. The Morgan fingerprint density at radius 1 is 1.56 bits per heavy atom. The van der Waals surface area contributed by atoms with E-state index in [9.17, 15) is 4.79 Å². The van der Waals surface area contributed by atoms with Crippen molar-refractivity contribution in [1.82, 2.24) is 14.8 Å². The fourth-order valence-electron chi connectivity index (χ4n) is 1.88. The monoisotopic (exact) mass is 267 g/mol. The molecule has 0 amide bonds. The number of aromatic carboxylic acids is 1.